The van der Waals surface area contributed by atoms with E-state index in [2.05, 4.69) is 0 Å². The van der Waals surface area contributed by atoms with E-state index in [4.69, 9.17) is 4.74 Å². The van der Waals surface area contributed by atoms with Gasteiger partial charge in [0.2, 0.25) is 0 Å². The molecular formula is C14H16N2O3. The summed E-state index contributed by atoms with van der Waals surface area (Å²) in [5, 5.41) is 0. The largest absolute Gasteiger partial charge is 0.375 e. The van der Waals surface area contributed by atoms with Crippen molar-refractivity contribution in [3.05, 3.63) is 69.0 Å². The summed E-state index contributed by atoms with van der Waals surface area (Å²) in [7, 11) is 1.61. The van der Waals surface area contributed by atoms with Crippen molar-refractivity contribution in [3.63, 3.8) is 0 Å². The van der Waals surface area contributed by atoms with Crippen molar-refractivity contribution in [3.8, 4) is 0 Å². The van der Waals surface area contributed by atoms with Gasteiger partial charge in [-0.25, -0.2) is 4.79 Å². The number of benzene rings is 1. The van der Waals surface area contributed by atoms with Crippen LogP contribution in [0.15, 0.2) is 52.2 Å². The van der Waals surface area contributed by atoms with Crippen LogP contribution in [0.1, 0.15) is 5.56 Å². The lowest BCUT2D eigenvalue weighted by molar-refractivity contribution is 0.111. The van der Waals surface area contributed by atoms with E-state index in [9.17, 15) is 9.59 Å². The molecule has 1 aromatic heterocycles. The molecule has 0 saturated carbocycles. The zero-order valence-corrected chi connectivity index (χ0v) is 10.8. The van der Waals surface area contributed by atoms with Crippen LogP contribution in [0.5, 0.6) is 0 Å². The molecule has 0 radical (unpaired) electrons. The predicted molar refractivity (Wildman–Crippen MR) is 72.0 cm³/mol. The Labute approximate surface area is 110 Å². The van der Waals surface area contributed by atoms with E-state index in [0.717, 1.165) is 5.56 Å². The summed E-state index contributed by atoms with van der Waals surface area (Å²) in [6.07, 6.45) is 1.46. The van der Waals surface area contributed by atoms with Gasteiger partial charge in [-0.15, -0.1) is 0 Å². The van der Waals surface area contributed by atoms with Crippen molar-refractivity contribution in [2.45, 2.75) is 13.2 Å². The number of nitrogens with zero attached hydrogens (tertiary/aromatic N) is 2. The molecule has 0 aliphatic rings. The van der Waals surface area contributed by atoms with Crippen LogP contribution >= 0.6 is 0 Å². The SMILES string of the molecule is Cn1ccc(=O)n(CCOCc2ccccc2)c1=O. The van der Waals surface area contributed by atoms with Gasteiger partial charge in [0.05, 0.1) is 19.8 Å². The molecule has 0 amide bonds. The van der Waals surface area contributed by atoms with E-state index < -0.39 is 0 Å². The van der Waals surface area contributed by atoms with Crippen molar-refractivity contribution in [1.82, 2.24) is 9.13 Å². The third-order valence-corrected chi connectivity index (χ3v) is 2.81. The molecule has 0 saturated heterocycles. The molecule has 0 unspecified atom stereocenters. The summed E-state index contributed by atoms with van der Waals surface area (Å²) < 4.78 is 8.01. The van der Waals surface area contributed by atoms with Crippen molar-refractivity contribution in [1.29, 1.82) is 0 Å². The van der Waals surface area contributed by atoms with Crippen LogP contribution in [0.4, 0.5) is 0 Å². The van der Waals surface area contributed by atoms with Crippen LogP contribution in [-0.2, 0) is 24.9 Å². The first-order chi connectivity index (χ1) is 9.18. The summed E-state index contributed by atoms with van der Waals surface area (Å²) in [5.41, 5.74) is 0.443. The molecule has 19 heavy (non-hydrogen) atoms. The molecule has 100 valence electrons. The molecule has 0 bridgehead atoms. The Hall–Kier alpha value is -2.14. The molecule has 0 aliphatic heterocycles. The fourth-order valence-corrected chi connectivity index (χ4v) is 1.74. The molecule has 0 atom stereocenters. The first-order valence-corrected chi connectivity index (χ1v) is 6.06. The Morgan fingerprint density at radius 2 is 1.84 bits per heavy atom. The van der Waals surface area contributed by atoms with E-state index in [-0.39, 0.29) is 17.8 Å². The number of hydrogen-bond acceptors (Lipinski definition) is 3. The number of hydrogen-bond donors (Lipinski definition) is 0. The average Bonchev–Trinajstić information content (AvgIpc) is 2.43. The average molecular weight is 260 g/mol. The third-order valence-electron chi connectivity index (χ3n) is 2.81. The van der Waals surface area contributed by atoms with Gasteiger partial charge in [-0.2, -0.15) is 0 Å². The monoisotopic (exact) mass is 260 g/mol. The van der Waals surface area contributed by atoms with Gasteiger partial charge in [-0.3, -0.25) is 9.36 Å². The second kappa shape index (κ2) is 6.15. The highest BCUT2D eigenvalue weighted by molar-refractivity contribution is 5.13. The minimum absolute atomic E-state index is 0.263. The Balaban J connectivity index is 1.92. The maximum atomic E-state index is 11.7. The van der Waals surface area contributed by atoms with E-state index in [0.29, 0.717) is 13.2 Å². The van der Waals surface area contributed by atoms with Gasteiger partial charge in [0.25, 0.3) is 5.56 Å². The highest BCUT2D eigenvalue weighted by Gasteiger charge is 2.02. The summed E-state index contributed by atoms with van der Waals surface area (Å²) in [4.78, 5) is 23.3. The summed E-state index contributed by atoms with van der Waals surface area (Å²) in [6, 6.07) is 11.1. The number of aryl methyl sites for hydroxylation is 1. The third kappa shape index (κ3) is 3.42. The fourth-order valence-electron chi connectivity index (χ4n) is 1.74. The maximum absolute atomic E-state index is 11.7. The van der Waals surface area contributed by atoms with E-state index >= 15 is 0 Å². The molecular weight excluding hydrogens is 244 g/mol. The molecule has 5 nitrogen and oxygen atoms in total. The van der Waals surface area contributed by atoms with Crippen molar-refractivity contribution < 1.29 is 4.74 Å². The highest BCUT2D eigenvalue weighted by Crippen LogP contribution is 1.99. The zero-order chi connectivity index (χ0) is 13.7. The van der Waals surface area contributed by atoms with Crippen LogP contribution < -0.4 is 11.2 Å². The van der Waals surface area contributed by atoms with Gasteiger partial charge >= 0.3 is 5.69 Å². The Kier molecular flexibility index (Phi) is 4.30. The molecule has 5 heteroatoms. The maximum Gasteiger partial charge on any atom is 0.330 e. The lowest BCUT2D eigenvalue weighted by Crippen LogP contribution is -2.38. The molecule has 1 aromatic carbocycles. The van der Waals surface area contributed by atoms with Crippen LogP contribution in [0, 0.1) is 0 Å². The number of rotatable bonds is 5. The Morgan fingerprint density at radius 3 is 2.58 bits per heavy atom. The molecule has 2 rings (SSSR count). The lowest BCUT2D eigenvalue weighted by atomic mass is 10.2. The summed E-state index contributed by atoms with van der Waals surface area (Å²) in [5.74, 6) is 0. The first-order valence-electron chi connectivity index (χ1n) is 6.06. The van der Waals surface area contributed by atoms with Gasteiger partial charge in [-0.1, -0.05) is 30.3 Å². The normalized spacial score (nSPS) is 10.6. The van der Waals surface area contributed by atoms with Crippen molar-refractivity contribution in [2.75, 3.05) is 6.61 Å². The van der Waals surface area contributed by atoms with Crippen LogP contribution in [0.25, 0.3) is 0 Å². The van der Waals surface area contributed by atoms with E-state index in [1.165, 1.54) is 21.4 Å². The van der Waals surface area contributed by atoms with Crippen molar-refractivity contribution >= 4 is 0 Å². The topological polar surface area (TPSA) is 53.2 Å². The van der Waals surface area contributed by atoms with Gasteiger partial charge in [-0.05, 0) is 5.56 Å². The molecule has 1 heterocycles. The molecule has 0 spiro atoms. The minimum Gasteiger partial charge on any atom is -0.375 e. The predicted octanol–water partition coefficient (Wildman–Crippen LogP) is 0.764. The summed E-state index contributed by atoms with van der Waals surface area (Å²) >= 11 is 0. The van der Waals surface area contributed by atoms with Crippen LogP contribution in [-0.4, -0.2) is 15.7 Å². The highest BCUT2D eigenvalue weighted by atomic mass is 16.5. The lowest BCUT2D eigenvalue weighted by Gasteiger charge is -2.07. The van der Waals surface area contributed by atoms with Gasteiger partial charge in [0.1, 0.15) is 0 Å². The van der Waals surface area contributed by atoms with Crippen LogP contribution in [0.2, 0.25) is 0 Å². The van der Waals surface area contributed by atoms with Crippen LogP contribution in [0.3, 0.4) is 0 Å². The molecule has 0 N–H and O–H groups in total. The Morgan fingerprint density at radius 1 is 1.11 bits per heavy atom. The molecule has 0 aliphatic carbocycles. The Bertz CT molecular complexity index is 644. The number of aromatic nitrogens is 2. The number of ether oxygens (including phenoxy) is 1. The van der Waals surface area contributed by atoms with Gasteiger partial charge in [0, 0.05) is 19.3 Å². The minimum atomic E-state index is -0.323. The smallest absolute Gasteiger partial charge is 0.330 e. The second-order valence-corrected chi connectivity index (χ2v) is 4.24. The van der Waals surface area contributed by atoms with E-state index in [1.807, 2.05) is 30.3 Å². The van der Waals surface area contributed by atoms with E-state index in [1.54, 1.807) is 7.05 Å². The fraction of sp³-hybridized carbons (Fsp3) is 0.286. The standard InChI is InChI=1S/C14H16N2O3/c1-15-8-7-13(17)16(14(15)18)9-10-19-11-12-5-3-2-4-6-12/h2-8H,9-11H2,1H3. The van der Waals surface area contributed by atoms with Gasteiger partial charge < -0.3 is 9.30 Å². The molecule has 0 fully saturated rings. The zero-order valence-electron chi connectivity index (χ0n) is 10.8. The first kappa shape index (κ1) is 13.3. The quantitative estimate of drug-likeness (QED) is 0.746. The van der Waals surface area contributed by atoms with Gasteiger partial charge in [0.15, 0.2) is 0 Å². The van der Waals surface area contributed by atoms with Crippen molar-refractivity contribution in [2.24, 2.45) is 7.05 Å². The summed E-state index contributed by atoms with van der Waals surface area (Å²) in [6.45, 7) is 1.07. The second-order valence-electron chi connectivity index (χ2n) is 4.24. The molecule has 2 aromatic rings.